The van der Waals surface area contributed by atoms with Crippen LogP contribution in [-0.4, -0.2) is 23.1 Å². The molecule has 0 aliphatic carbocycles. The number of aromatic nitrogens is 1. The van der Waals surface area contributed by atoms with E-state index in [4.69, 9.17) is 5.11 Å². The fraction of sp³-hybridized carbons (Fsp3) is 0.250. The number of carboxylic acid groups (broad SMARTS) is 1. The van der Waals surface area contributed by atoms with Gasteiger partial charge < -0.3 is 10.4 Å². The fourth-order valence-corrected chi connectivity index (χ4v) is 0.905. The Kier molecular flexibility index (Phi) is 2.76. The van der Waals surface area contributed by atoms with Crippen LogP contribution in [-0.2, 0) is 6.54 Å². The molecule has 1 rings (SSSR count). The lowest BCUT2D eigenvalue weighted by molar-refractivity contribution is 0.0696. The van der Waals surface area contributed by atoms with E-state index in [9.17, 15) is 4.79 Å². The topological polar surface area (TPSA) is 62.2 Å². The number of carbonyl (C=O) groups is 1. The molecule has 0 saturated heterocycles. The standard InChI is InChI=1S/C8H10N2O2/c1-9-3-6-2-7(8(11)12)5-10-4-6/h2,4-5,9H,3H2,1H3,(H,11,12). The van der Waals surface area contributed by atoms with Crippen molar-refractivity contribution in [2.75, 3.05) is 7.05 Å². The maximum Gasteiger partial charge on any atom is 0.337 e. The van der Waals surface area contributed by atoms with Crippen LogP contribution in [0.1, 0.15) is 15.9 Å². The molecule has 0 fully saturated rings. The first-order chi connectivity index (χ1) is 5.74. The Morgan fingerprint density at radius 3 is 3.00 bits per heavy atom. The second kappa shape index (κ2) is 3.82. The molecule has 0 atom stereocenters. The molecule has 2 N–H and O–H groups in total. The summed E-state index contributed by atoms with van der Waals surface area (Å²) in [4.78, 5) is 14.3. The van der Waals surface area contributed by atoms with Crippen LogP contribution in [0.25, 0.3) is 0 Å². The molecule has 1 aromatic heterocycles. The van der Waals surface area contributed by atoms with Gasteiger partial charge in [-0.25, -0.2) is 4.79 Å². The highest BCUT2D eigenvalue weighted by Gasteiger charge is 2.02. The molecule has 0 radical (unpaired) electrons. The number of hydrogen-bond donors (Lipinski definition) is 2. The third-order valence-electron chi connectivity index (χ3n) is 1.42. The Morgan fingerprint density at radius 2 is 2.42 bits per heavy atom. The van der Waals surface area contributed by atoms with E-state index < -0.39 is 5.97 Å². The number of nitrogens with one attached hydrogen (secondary N) is 1. The molecule has 0 aliphatic rings. The lowest BCUT2D eigenvalue weighted by atomic mass is 10.2. The van der Waals surface area contributed by atoms with Crippen LogP contribution >= 0.6 is 0 Å². The second-order valence-electron chi connectivity index (χ2n) is 2.42. The van der Waals surface area contributed by atoms with Crippen LogP contribution in [0.4, 0.5) is 0 Å². The summed E-state index contributed by atoms with van der Waals surface area (Å²) in [7, 11) is 1.80. The first kappa shape index (κ1) is 8.67. The normalized spacial score (nSPS) is 9.75. The summed E-state index contributed by atoms with van der Waals surface area (Å²) in [5, 5.41) is 11.5. The lowest BCUT2D eigenvalue weighted by Gasteiger charge is -1.99. The number of rotatable bonds is 3. The van der Waals surface area contributed by atoms with Crippen LogP contribution in [0, 0.1) is 0 Å². The van der Waals surface area contributed by atoms with E-state index in [1.54, 1.807) is 19.3 Å². The predicted octanol–water partition coefficient (Wildman–Crippen LogP) is 0.499. The van der Waals surface area contributed by atoms with Crippen molar-refractivity contribution in [2.24, 2.45) is 0 Å². The van der Waals surface area contributed by atoms with Crippen molar-refractivity contribution in [3.8, 4) is 0 Å². The quantitative estimate of drug-likeness (QED) is 0.686. The molecule has 0 aliphatic heterocycles. The summed E-state index contributed by atoms with van der Waals surface area (Å²) in [6, 6.07) is 1.60. The Labute approximate surface area is 70.3 Å². The molecule has 0 saturated carbocycles. The van der Waals surface area contributed by atoms with E-state index in [1.807, 2.05) is 0 Å². The van der Waals surface area contributed by atoms with Gasteiger partial charge in [0.05, 0.1) is 5.56 Å². The number of pyridine rings is 1. The van der Waals surface area contributed by atoms with Crippen molar-refractivity contribution in [1.29, 1.82) is 0 Å². The average molecular weight is 166 g/mol. The van der Waals surface area contributed by atoms with E-state index in [1.165, 1.54) is 6.20 Å². The molecular weight excluding hydrogens is 156 g/mol. The molecule has 4 nitrogen and oxygen atoms in total. The fourth-order valence-electron chi connectivity index (χ4n) is 0.905. The van der Waals surface area contributed by atoms with Gasteiger partial charge in [-0.05, 0) is 18.7 Å². The Bertz CT molecular complexity index is 286. The van der Waals surface area contributed by atoms with Gasteiger partial charge in [-0.2, -0.15) is 0 Å². The largest absolute Gasteiger partial charge is 0.478 e. The molecule has 1 heterocycles. The summed E-state index contributed by atoms with van der Waals surface area (Å²) in [6.07, 6.45) is 2.98. The smallest absolute Gasteiger partial charge is 0.337 e. The van der Waals surface area contributed by atoms with Gasteiger partial charge in [0.2, 0.25) is 0 Å². The molecule has 1 aromatic rings. The predicted molar refractivity (Wildman–Crippen MR) is 44.0 cm³/mol. The molecule has 4 heteroatoms. The maximum atomic E-state index is 10.5. The van der Waals surface area contributed by atoms with Crippen molar-refractivity contribution >= 4 is 5.97 Å². The first-order valence-electron chi connectivity index (χ1n) is 3.56. The monoisotopic (exact) mass is 166 g/mol. The van der Waals surface area contributed by atoms with Gasteiger partial charge in [0.25, 0.3) is 0 Å². The highest BCUT2D eigenvalue weighted by molar-refractivity contribution is 5.87. The van der Waals surface area contributed by atoms with Gasteiger partial charge in [0, 0.05) is 18.9 Å². The molecule has 0 unspecified atom stereocenters. The summed E-state index contributed by atoms with van der Waals surface area (Å²) in [5.41, 5.74) is 1.10. The van der Waals surface area contributed by atoms with Crippen LogP contribution in [0.2, 0.25) is 0 Å². The van der Waals surface area contributed by atoms with Crippen LogP contribution in [0.3, 0.4) is 0 Å². The molecule has 12 heavy (non-hydrogen) atoms. The first-order valence-corrected chi connectivity index (χ1v) is 3.56. The zero-order chi connectivity index (χ0) is 8.97. The van der Waals surface area contributed by atoms with E-state index in [0.717, 1.165) is 5.56 Å². The third-order valence-corrected chi connectivity index (χ3v) is 1.42. The van der Waals surface area contributed by atoms with Crippen molar-refractivity contribution < 1.29 is 9.90 Å². The third kappa shape index (κ3) is 2.03. The number of carboxylic acids is 1. The molecule has 64 valence electrons. The second-order valence-corrected chi connectivity index (χ2v) is 2.42. The minimum atomic E-state index is -0.944. The minimum Gasteiger partial charge on any atom is -0.478 e. The summed E-state index contributed by atoms with van der Waals surface area (Å²) in [6.45, 7) is 0.633. The molecule has 0 amide bonds. The Balaban J connectivity index is 2.88. The van der Waals surface area contributed by atoms with Crippen LogP contribution in [0.5, 0.6) is 0 Å². The summed E-state index contributed by atoms with van der Waals surface area (Å²) in [5.74, 6) is -0.944. The van der Waals surface area contributed by atoms with Gasteiger partial charge in [-0.15, -0.1) is 0 Å². The zero-order valence-corrected chi connectivity index (χ0v) is 6.74. The van der Waals surface area contributed by atoms with Crippen LogP contribution in [0.15, 0.2) is 18.5 Å². The van der Waals surface area contributed by atoms with Gasteiger partial charge in [-0.3, -0.25) is 4.98 Å². The van der Waals surface area contributed by atoms with Gasteiger partial charge in [0.15, 0.2) is 0 Å². The summed E-state index contributed by atoms with van der Waals surface area (Å²) < 4.78 is 0. The van der Waals surface area contributed by atoms with Gasteiger partial charge >= 0.3 is 5.97 Å². The van der Waals surface area contributed by atoms with E-state index in [0.29, 0.717) is 6.54 Å². The van der Waals surface area contributed by atoms with E-state index >= 15 is 0 Å². The van der Waals surface area contributed by atoms with E-state index in [2.05, 4.69) is 10.3 Å². The van der Waals surface area contributed by atoms with Crippen molar-refractivity contribution in [3.05, 3.63) is 29.6 Å². The van der Waals surface area contributed by atoms with Crippen molar-refractivity contribution in [1.82, 2.24) is 10.3 Å². The van der Waals surface area contributed by atoms with Crippen molar-refractivity contribution in [2.45, 2.75) is 6.54 Å². The highest BCUT2D eigenvalue weighted by Crippen LogP contribution is 2.01. The van der Waals surface area contributed by atoms with Crippen LogP contribution < -0.4 is 5.32 Å². The lowest BCUT2D eigenvalue weighted by Crippen LogP contribution is -2.07. The van der Waals surface area contributed by atoms with Gasteiger partial charge in [-0.1, -0.05) is 0 Å². The average Bonchev–Trinajstić information content (AvgIpc) is 2.05. The number of hydrogen-bond acceptors (Lipinski definition) is 3. The minimum absolute atomic E-state index is 0.225. The molecular formula is C8H10N2O2. The van der Waals surface area contributed by atoms with E-state index in [-0.39, 0.29) is 5.56 Å². The molecule has 0 bridgehead atoms. The highest BCUT2D eigenvalue weighted by atomic mass is 16.4. The number of aromatic carboxylic acids is 1. The number of nitrogens with zero attached hydrogens (tertiary/aromatic N) is 1. The van der Waals surface area contributed by atoms with Gasteiger partial charge in [0.1, 0.15) is 0 Å². The zero-order valence-electron chi connectivity index (χ0n) is 6.74. The molecule has 0 spiro atoms. The Morgan fingerprint density at radius 1 is 1.67 bits per heavy atom. The summed E-state index contributed by atoms with van der Waals surface area (Å²) >= 11 is 0. The van der Waals surface area contributed by atoms with Crippen molar-refractivity contribution in [3.63, 3.8) is 0 Å². The molecule has 0 aromatic carbocycles. The Hall–Kier alpha value is -1.42. The maximum absolute atomic E-state index is 10.5. The SMILES string of the molecule is CNCc1cncc(C(=O)O)c1.